The fourth-order valence-electron chi connectivity index (χ4n) is 6.39. The Hall–Kier alpha value is -4.18. The van der Waals surface area contributed by atoms with Crippen LogP contribution in [-0.2, 0) is 4.79 Å². The average molecular weight is 672 g/mol. The molecule has 2 aliphatic rings. The Bertz CT molecular complexity index is 1860. The number of amides is 1. The zero-order chi connectivity index (χ0) is 32.5. The molecule has 240 valence electrons. The molecule has 2 aromatic heterocycles. The molecule has 10 nitrogen and oxygen atoms in total. The molecule has 0 unspecified atom stereocenters. The number of piperazine rings is 1. The third kappa shape index (κ3) is 6.02. The molecule has 0 spiro atoms. The van der Waals surface area contributed by atoms with E-state index < -0.39 is 24.5 Å². The number of furan rings is 1. The van der Waals surface area contributed by atoms with Crippen molar-refractivity contribution in [2.75, 3.05) is 50.9 Å². The number of anilines is 1. The number of hydrogen-bond acceptors (Lipinski definition) is 9. The molecule has 0 bridgehead atoms. The number of phenols is 1. The van der Waals surface area contributed by atoms with Crippen molar-refractivity contribution in [3.8, 4) is 29.0 Å². The van der Waals surface area contributed by atoms with Gasteiger partial charge in [0.2, 0.25) is 0 Å². The Balaban J connectivity index is 1.48. The normalized spacial score (nSPS) is 18.8. The second-order valence-electron chi connectivity index (χ2n) is 11.3. The maximum atomic E-state index is 13.9. The highest BCUT2D eigenvalue weighted by Gasteiger charge is 2.34. The molecule has 14 heteroatoms. The van der Waals surface area contributed by atoms with Gasteiger partial charge in [0.25, 0.3) is 5.91 Å². The Kier molecular flexibility index (Phi) is 9.18. The van der Waals surface area contributed by atoms with Crippen LogP contribution in [0.25, 0.3) is 33.0 Å². The fraction of sp³-hybridized carbons (Fsp3) is 0.375. The van der Waals surface area contributed by atoms with Crippen LogP contribution in [0.3, 0.4) is 0 Å². The molecule has 4 heterocycles. The molecule has 46 heavy (non-hydrogen) atoms. The van der Waals surface area contributed by atoms with Crippen LogP contribution in [0.15, 0.2) is 47.4 Å². The number of aromatic hydroxyl groups is 1. The zero-order valence-electron chi connectivity index (χ0n) is 24.7. The van der Waals surface area contributed by atoms with E-state index in [-0.39, 0.29) is 60.5 Å². The van der Waals surface area contributed by atoms with Crippen molar-refractivity contribution in [3.63, 3.8) is 0 Å². The van der Waals surface area contributed by atoms with Crippen molar-refractivity contribution in [2.45, 2.75) is 31.3 Å². The molecule has 4 aromatic rings. The van der Waals surface area contributed by atoms with E-state index in [2.05, 4.69) is 12.6 Å². The highest BCUT2D eigenvalue weighted by atomic mass is 35.5. The summed E-state index contributed by atoms with van der Waals surface area (Å²) in [5.41, 5.74) is 1.93. The molecule has 2 saturated heterocycles. The number of nitrogens with zero attached hydrogens (tertiary/aromatic N) is 6. The van der Waals surface area contributed by atoms with Crippen LogP contribution < -0.4 is 9.64 Å². The molecule has 0 aliphatic carbocycles. The first kappa shape index (κ1) is 31.8. The molecular formula is C32H30Cl2F2N6O4. The lowest BCUT2D eigenvalue weighted by molar-refractivity contribution is -0.131. The number of aromatic nitrogens is 2. The summed E-state index contributed by atoms with van der Waals surface area (Å²) in [4.78, 5) is 27.4. The van der Waals surface area contributed by atoms with E-state index >= 15 is 0 Å². The third-order valence-corrected chi connectivity index (χ3v) is 9.34. The number of likely N-dealkylation sites (tertiary alicyclic amines) is 1. The van der Waals surface area contributed by atoms with Gasteiger partial charge in [-0.2, -0.15) is 15.2 Å². The molecule has 1 amide bonds. The Morgan fingerprint density at radius 1 is 1.20 bits per heavy atom. The van der Waals surface area contributed by atoms with Crippen molar-refractivity contribution in [2.24, 2.45) is 0 Å². The van der Waals surface area contributed by atoms with E-state index in [1.165, 1.54) is 23.3 Å². The highest BCUT2D eigenvalue weighted by Crippen LogP contribution is 2.44. The van der Waals surface area contributed by atoms with Crippen LogP contribution in [0.2, 0.25) is 10.0 Å². The standard InChI is InChI=1S/C32H30Cl2F2N6O4/c1-18(36)31(44)42-11-10-41(16-19(42)4-7-37)30-27-26(38-32(39-30)46-17-20-3-2-8-40(20)9-6-35)15-23(22-5-12-45-29(22)27)24-13-21(43)14-25(33)28(24)34/h5,12-15,19-20,43H,1-4,6,8-11,16-17H2/t19-,20-/m0/s1. The van der Waals surface area contributed by atoms with Gasteiger partial charge in [-0.15, -0.1) is 0 Å². The monoisotopic (exact) mass is 670 g/mol. The van der Waals surface area contributed by atoms with Crippen LogP contribution in [0, 0.1) is 11.3 Å². The minimum Gasteiger partial charge on any atom is -0.508 e. The molecule has 2 atom stereocenters. The number of benzene rings is 2. The average Bonchev–Trinajstić information content (AvgIpc) is 3.71. The number of carbonyl (C=O) groups excluding carboxylic acids is 1. The van der Waals surface area contributed by atoms with E-state index in [1.54, 1.807) is 12.1 Å². The maximum absolute atomic E-state index is 13.9. The molecule has 1 N–H and O–H groups in total. The Morgan fingerprint density at radius 2 is 2.02 bits per heavy atom. The first-order valence-electron chi connectivity index (χ1n) is 14.8. The minimum absolute atomic E-state index is 0.00165. The summed E-state index contributed by atoms with van der Waals surface area (Å²) in [6.07, 6.45) is 3.26. The summed E-state index contributed by atoms with van der Waals surface area (Å²) in [6, 6.07) is 7.91. The first-order valence-corrected chi connectivity index (χ1v) is 15.6. The van der Waals surface area contributed by atoms with Gasteiger partial charge in [0.05, 0.1) is 45.7 Å². The van der Waals surface area contributed by atoms with Crippen molar-refractivity contribution in [3.05, 3.63) is 53.0 Å². The van der Waals surface area contributed by atoms with Crippen LogP contribution in [0.4, 0.5) is 14.6 Å². The van der Waals surface area contributed by atoms with Gasteiger partial charge >= 0.3 is 6.01 Å². The van der Waals surface area contributed by atoms with Gasteiger partial charge in [-0.3, -0.25) is 9.69 Å². The van der Waals surface area contributed by atoms with Crippen LogP contribution in [0.5, 0.6) is 11.8 Å². The summed E-state index contributed by atoms with van der Waals surface area (Å²) in [7, 11) is 0. The number of fused-ring (bicyclic) bond motifs is 3. The number of hydrogen-bond donors (Lipinski definition) is 1. The summed E-state index contributed by atoms with van der Waals surface area (Å²) >= 11 is 12.9. The first-order chi connectivity index (χ1) is 22.2. The lowest BCUT2D eigenvalue weighted by atomic mass is 9.98. The number of phenolic OH excluding ortho intramolecular Hbond substituents is 1. The number of nitriles is 1. The van der Waals surface area contributed by atoms with Crippen molar-refractivity contribution in [1.82, 2.24) is 19.8 Å². The molecule has 2 aliphatic heterocycles. The molecule has 0 radical (unpaired) electrons. The molecule has 2 fully saturated rings. The van der Waals surface area contributed by atoms with E-state index in [0.29, 0.717) is 45.4 Å². The van der Waals surface area contributed by atoms with Crippen LogP contribution in [0.1, 0.15) is 19.3 Å². The van der Waals surface area contributed by atoms with Crippen molar-refractivity contribution < 1.29 is 27.8 Å². The van der Waals surface area contributed by atoms with Gasteiger partial charge in [0.1, 0.15) is 30.4 Å². The second kappa shape index (κ2) is 13.3. The number of rotatable bonds is 9. The van der Waals surface area contributed by atoms with Gasteiger partial charge in [0.15, 0.2) is 5.83 Å². The minimum atomic E-state index is -1.09. The Morgan fingerprint density at radius 3 is 2.78 bits per heavy atom. The maximum Gasteiger partial charge on any atom is 0.319 e. The topological polar surface area (TPSA) is 119 Å². The van der Waals surface area contributed by atoms with Gasteiger partial charge < -0.3 is 24.1 Å². The fourth-order valence-corrected chi connectivity index (χ4v) is 6.82. The van der Waals surface area contributed by atoms with E-state index in [0.717, 1.165) is 19.4 Å². The predicted octanol–water partition coefficient (Wildman–Crippen LogP) is 6.28. The van der Waals surface area contributed by atoms with Crippen molar-refractivity contribution >= 4 is 56.8 Å². The smallest absolute Gasteiger partial charge is 0.319 e. The lowest BCUT2D eigenvalue weighted by Crippen LogP contribution is -2.55. The molecule has 6 rings (SSSR count). The summed E-state index contributed by atoms with van der Waals surface area (Å²) < 4.78 is 39.2. The molecular weight excluding hydrogens is 641 g/mol. The summed E-state index contributed by atoms with van der Waals surface area (Å²) in [5.74, 6) is -1.59. The second-order valence-corrected chi connectivity index (χ2v) is 12.1. The third-order valence-electron chi connectivity index (χ3n) is 8.54. The number of alkyl halides is 1. The zero-order valence-corrected chi connectivity index (χ0v) is 26.2. The van der Waals surface area contributed by atoms with E-state index in [9.17, 15) is 23.9 Å². The van der Waals surface area contributed by atoms with E-state index in [1.807, 2.05) is 9.80 Å². The van der Waals surface area contributed by atoms with Gasteiger partial charge in [-0.05, 0) is 43.1 Å². The van der Waals surface area contributed by atoms with Gasteiger partial charge in [-0.1, -0.05) is 29.8 Å². The SMILES string of the molecule is C=C(F)C(=O)N1CCN(c2nc(OC[C@@H]3CCCN3CCF)nc3cc(-c4cc(O)cc(Cl)c4Cl)c4ccoc4c23)C[C@@H]1CC#N. The number of ether oxygens (including phenoxy) is 1. The quantitative estimate of drug-likeness (QED) is 0.205. The molecule has 0 saturated carbocycles. The molecule has 2 aromatic carbocycles. The highest BCUT2D eigenvalue weighted by molar-refractivity contribution is 6.44. The predicted molar refractivity (Wildman–Crippen MR) is 171 cm³/mol. The number of carbonyl (C=O) groups is 1. The summed E-state index contributed by atoms with van der Waals surface area (Å²) in [6.45, 7) is 4.58. The van der Waals surface area contributed by atoms with E-state index in [4.69, 9.17) is 42.3 Å². The van der Waals surface area contributed by atoms with Crippen LogP contribution >= 0.6 is 23.2 Å². The largest absolute Gasteiger partial charge is 0.508 e. The van der Waals surface area contributed by atoms with Gasteiger partial charge in [0, 0.05) is 49.2 Å². The summed E-state index contributed by atoms with van der Waals surface area (Å²) in [5, 5.41) is 21.5. The number of halogens is 4. The van der Waals surface area contributed by atoms with Gasteiger partial charge in [-0.25, -0.2) is 8.78 Å². The van der Waals surface area contributed by atoms with Crippen molar-refractivity contribution in [1.29, 1.82) is 5.26 Å². The Labute approximate surface area is 273 Å². The van der Waals surface area contributed by atoms with Crippen LogP contribution in [-0.4, -0.2) is 88.9 Å². The lowest BCUT2D eigenvalue weighted by Gasteiger charge is -2.41.